The molecule has 0 unspecified atom stereocenters. The van der Waals surface area contributed by atoms with Crippen LogP contribution in [0.4, 0.5) is 5.82 Å². The van der Waals surface area contributed by atoms with Gasteiger partial charge in [0.05, 0.1) is 35.8 Å². The first kappa shape index (κ1) is 25.1. The summed E-state index contributed by atoms with van der Waals surface area (Å²) in [5, 5.41) is 4.82. The molecule has 0 spiro atoms. The summed E-state index contributed by atoms with van der Waals surface area (Å²) in [6.45, 7) is 11.1. The van der Waals surface area contributed by atoms with E-state index in [1.54, 1.807) is 24.4 Å². The van der Waals surface area contributed by atoms with Crippen LogP contribution in [0.5, 0.6) is 0 Å². The lowest BCUT2D eigenvalue weighted by Crippen LogP contribution is -2.45. The van der Waals surface area contributed by atoms with Crippen molar-refractivity contribution >= 4 is 39.1 Å². The van der Waals surface area contributed by atoms with Crippen LogP contribution < -0.4 is 4.90 Å². The molecule has 8 nitrogen and oxygen atoms in total. The van der Waals surface area contributed by atoms with Gasteiger partial charge in [-0.2, -0.15) is 9.61 Å². The standard InChI is InChI=1S/C26H29BrN4O4/c1-5-14-35-26(4)10-12-30(13-11-26)24-22(23(32)25(33)34-6-2)17(3)28-21-16-20(29-31(21)24)18-8-7-9-19(27)15-18/h5,7-9,15-16H,1,6,10-14H2,2-4H3. The number of aromatic nitrogens is 3. The van der Waals surface area contributed by atoms with Gasteiger partial charge in [-0.15, -0.1) is 6.58 Å². The van der Waals surface area contributed by atoms with E-state index in [0.717, 1.165) is 28.6 Å². The van der Waals surface area contributed by atoms with E-state index in [1.165, 1.54) is 0 Å². The van der Waals surface area contributed by atoms with Gasteiger partial charge in [0.1, 0.15) is 5.82 Å². The number of carbonyl (C=O) groups is 2. The molecule has 1 saturated heterocycles. The topological polar surface area (TPSA) is 86.0 Å². The maximum absolute atomic E-state index is 13.2. The predicted molar refractivity (Wildman–Crippen MR) is 138 cm³/mol. The van der Waals surface area contributed by atoms with E-state index < -0.39 is 11.8 Å². The summed E-state index contributed by atoms with van der Waals surface area (Å²) < 4.78 is 13.6. The van der Waals surface area contributed by atoms with Crippen molar-refractivity contribution in [1.82, 2.24) is 14.6 Å². The molecule has 0 aliphatic carbocycles. The van der Waals surface area contributed by atoms with E-state index in [-0.39, 0.29) is 17.8 Å². The number of nitrogens with zero attached hydrogens (tertiary/aromatic N) is 4. The SMILES string of the molecule is C=CCOC1(C)CCN(c2c(C(=O)C(=O)OCC)c(C)nc3cc(-c4cccc(Br)c4)nn23)CC1. The zero-order valence-electron chi connectivity index (χ0n) is 20.2. The van der Waals surface area contributed by atoms with Crippen molar-refractivity contribution in [2.45, 2.75) is 39.2 Å². The normalized spacial score (nSPS) is 15.3. The molecular formula is C26H29BrN4O4. The fourth-order valence-corrected chi connectivity index (χ4v) is 4.74. The molecule has 3 heterocycles. The van der Waals surface area contributed by atoms with E-state index in [0.29, 0.717) is 36.9 Å². The Balaban J connectivity index is 1.83. The van der Waals surface area contributed by atoms with Gasteiger partial charge in [-0.3, -0.25) is 4.79 Å². The number of piperidine rings is 1. The number of fused-ring (bicyclic) bond motifs is 1. The van der Waals surface area contributed by atoms with Crippen LogP contribution >= 0.6 is 15.9 Å². The molecule has 1 fully saturated rings. The van der Waals surface area contributed by atoms with Crippen LogP contribution in [0.1, 0.15) is 42.7 Å². The summed E-state index contributed by atoms with van der Waals surface area (Å²) in [6.07, 6.45) is 3.24. The number of hydrogen-bond donors (Lipinski definition) is 0. The number of aryl methyl sites for hydroxylation is 1. The van der Waals surface area contributed by atoms with Gasteiger partial charge in [0, 0.05) is 29.2 Å². The highest BCUT2D eigenvalue weighted by Gasteiger charge is 2.35. The average Bonchev–Trinajstić information content (AvgIpc) is 3.26. The van der Waals surface area contributed by atoms with Gasteiger partial charge in [0.2, 0.25) is 0 Å². The van der Waals surface area contributed by atoms with Gasteiger partial charge in [0.15, 0.2) is 5.65 Å². The van der Waals surface area contributed by atoms with Crippen LogP contribution in [0.3, 0.4) is 0 Å². The summed E-state index contributed by atoms with van der Waals surface area (Å²) in [6, 6.07) is 9.71. The predicted octanol–water partition coefficient (Wildman–Crippen LogP) is 4.77. The molecule has 184 valence electrons. The Morgan fingerprint density at radius 3 is 2.66 bits per heavy atom. The highest BCUT2D eigenvalue weighted by molar-refractivity contribution is 9.10. The zero-order chi connectivity index (χ0) is 25.2. The number of ether oxygens (including phenoxy) is 2. The summed E-state index contributed by atoms with van der Waals surface area (Å²) in [5.74, 6) is -1.06. The van der Waals surface area contributed by atoms with Crippen LogP contribution in [0, 0.1) is 6.92 Å². The van der Waals surface area contributed by atoms with Gasteiger partial charge >= 0.3 is 5.97 Å². The number of Topliss-reactive ketones (excluding diaryl/α,β-unsaturated/α-hetero) is 1. The minimum atomic E-state index is -0.895. The first-order valence-electron chi connectivity index (χ1n) is 11.6. The van der Waals surface area contributed by atoms with Crippen LogP contribution in [-0.4, -0.2) is 58.3 Å². The van der Waals surface area contributed by atoms with Gasteiger partial charge in [-0.25, -0.2) is 9.78 Å². The van der Waals surface area contributed by atoms with Crippen molar-refractivity contribution < 1.29 is 19.1 Å². The van der Waals surface area contributed by atoms with Crippen molar-refractivity contribution in [3.8, 4) is 11.3 Å². The maximum atomic E-state index is 13.2. The number of rotatable bonds is 8. The molecule has 1 aliphatic heterocycles. The lowest BCUT2D eigenvalue weighted by Gasteiger charge is -2.40. The molecule has 0 saturated carbocycles. The zero-order valence-corrected chi connectivity index (χ0v) is 21.8. The molecule has 0 atom stereocenters. The first-order valence-corrected chi connectivity index (χ1v) is 12.4. The second kappa shape index (κ2) is 10.3. The first-order chi connectivity index (χ1) is 16.8. The third-order valence-electron chi connectivity index (χ3n) is 6.24. The number of benzene rings is 1. The Morgan fingerprint density at radius 2 is 2.00 bits per heavy atom. The lowest BCUT2D eigenvalue weighted by atomic mass is 9.93. The highest BCUT2D eigenvalue weighted by atomic mass is 79.9. The third kappa shape index (κ3) is 5.16. The fourth-order valence-electron chi connectivity index (χ4n) is 4.34. The third-order valence-corrected chi connectivity index (χ3v) is 6.73. The Bertz CT molecular complexity index is 1280. The summed E-state index contributed by atoms with van der Waals surface area (Å²) >= 11 is 3.51. The lowest BCUT2D eigenvalue weighted by molar-refractivity contribution is -0.137. The number of anilines is 1. The summed E-state index contributed by atoms with van der Waals surface area (Å²) in [7, 11) is 0. The fraction of sp³-hybridized carbons (Fsp3) is 0.385. The van der Waals surface area contributed by atoms with Crippen molar-refractivity contribution in [3.63, 3.8) is 0 Å². The van der Waals surface area contributed by atoms with Gasteiger partial charge in [-0.1, -0.05) is 34.1 Å². The molecule has 3 aromatic rings. The van der Waals surface area contributed by atoms with Crippen LogP contribution in [0.25, 0.3) is 16.9 Å². The van der Waals surface area contributed by atoms with Crippen LogP contribution in [0.2, 0.25) is 0 Å². The number of ketones is 1. The van der Waals surface area contributed by atoms with E-state index in [4.69, 9.17) is 14.6 Å². The second-order valence-electron chi connectivity index (χ2n) is 8.79. The van der Waals surface area contributed by atoms with Crippen LogP contribution in [-0.2, 0) is 14.3 Å². The van der Waals surface area contributed by atoms with E-state index in [1.807, 2.05) is 30.3 Å². The molecule has 1 aliphatic rings. The Kier molecular flexibility index (Phi) is 7.37. The van der Waals surface area contributed by atoms with Crippen molar-refractivity contribution in [2.75, 3.05) is 31.2 Å². The molecule has 1 aromatic carbocycles. The summed E-state index contributed by atoms with van der Waals surface area (Å²) in [5.41, 5.74) is 2.62. The second-order valence-corrected chi connectivity index (χ2v) is 9.71. The monoisotopic (exact) mass is 540 g/mol. The summed E-state index contributed by atoms with van der Waals surface area (Å²) in [4.78, 5) is 32.4. The van der Waals surface area contributed by atoms with Crippen molar-refractivity contribution in [1.29, 1.82) is 0 Å². The number of carbonyl (C=O) groups excluding carboxylic acids is 2. The molecule has 0 amide bonds. The Morgan fingerprint density at radius 1 is 1.26 bits per heavy atom. The minimum absolute atomic E-state index is 0.117. The van der Waals surface area contributed by atoms with Gasteiger partial charge < -0.3 is 14.4 Å². The number of halogens is 1. The smallest absolute Gasteiger partial charge is 0.379 e. The van der Waals surface area contributed by atoms with E-state index >= 15 is 0 Å². The van der Waals surface area contributed by atoms with Gasteiger partial charge in [0.25, 0.3) is 5.78 Å². The average molecular weight is 541 g/mol. The molecule has 4 rings (SSSR count). The van der Waals surface area contributed by atoms with Crippen molar-refractivity contribution in [2.24, 2.45) is 0 Å². The Labute approximate surface area is 213 Å². The van der Waals surface area contributed by atoms with Crippen molar-refractivity contribution in [3.05, 3.63) is 58.7 Å². The van der Waals surface area contributed by atoms with Gasteiger partial charge in [-0.05, 0) is 45.7 Å². The quantitative estimate of drug-likeness (QED) is 0.176. The Hall–Kier alpha value is -3.04. The van der Waals surface area contributed by atoms with E-state index in [9.17, 15) is 9.59 Å². The number of hydrogen-bond acceptors (Lipinski definition) is 7. The minimum Gasteiger partial charge on any atom is -0.460 e. The van der Waals surface area contributed by atoms with E-state index in [2.05, 4.69) is 39.3 Å². The highest BCUT2D eigenvalue weighted by Crippen LogP contribution is 2.34. The molecular weight excluding hydrogens is 512 g/mol. The molecule has 35 heavy (non-hydrogen) atoms. The molecule has 0 radical (unpaired) electrons. The van der Waals surface area contributed by atoms with Crippen LogP contribution in [0.15, 0.2) is 47.5 Å². The molecule has 9 heteroatoms. The maximum Gasteiger partial charge on any atom is 0.379 e. The molecule has 0 N–H and O–H groups in total. The largest absolute Gasteiger partial charge is 0.460 e. The molecule has 0 bridgehead atoms. The number of esters is 1. The molecule has 2 aromatic heterocycles.